The smallest absolute Gasteiger partial charge is 0.251 e. The second-order valence-electron chi connectivity index (χ2n) is 7.10. The largest absolute Gasteiger partial charge is 0.376 e. The molecule has 0 aliphatic carbocycles. The van der Waals surface area contributed by atoms with Crippen LogP contribution < -0.4 is 21.7 Å². The first-order chi connectivity index (χ1) is 12.7. The van der Waals surface area contributed by atoms with E-state index in [4.69, 9.17) is 5.73 Å². The Morgan fingerprint density at radius 2 is 1.70 bits per heavy atom. The molecule has 2 aromatic rings. The molecule has 0 aliphatic rings. The molecule has 5 N–H and O–H groups in total. The molecular formula is C20H24N4O3. The minimum atomic E-state index is -0.573. The Morgan fingerprint density at radius 1 is 1.00 bits per heavy atom. The first kappa shape index (κ1) is 20.0. The number of nitrogens with one attached hydrogen (secondary N) is 3. The van der Waals surface area contributed by atoms with E-state index >= 15 is 0 Å². The summed E-state index contributed by atoms with van der Waals surface area (Å²) in [5.74, 6) is -1.11. The summed E-state index contributed by atoms with van der Waals surface area (Å²) in [4.78, 5) is 35.8. The fourth-order valence-corrected chi connectivity index (χ4v) is 2.38. The third kappa shape index (κ3) is 6.14. The zero-order chi connectivity index (χ0) is 20.0. The molecule has 0 unspecified atom stereocenters. The maximum absolute atomic E-state index is 12.2. The molecule has 0 radical (unpaired) electrons. The summed E-state index contributed by atoms with van der Waals surface area (Å²) in [6.45, 7) is 5.63. The van der Waals surface area contributed by atoms with Gasteiger partial charge in [0.25, 0.3) is 11.8 Å². The number of rotatable bonds is 6. The molecule has 2 rings (SSSR count). The summed E-state index contributed by atoms with van der Waals surface area (Å²) in [5, 5.41) is 8.48. The standard InChI is InChI=1S/C20H24N4O3/c1-20(2,3)24-19(27)13-7-6-8-14(11-13)23-17(25)12-22-16-10-5-4-9-15(16)18(21)26/h4-11,22H,12H2,1-3H3,(H2,21,26)(H,23,25)(H,24,27). The number of benzene rings is 2. The first-order valence-electron chi connectivity index (χ1n) is 8.51. The van der Waals surface area contributed by atoms with Gasteiger partial charge in [0.05, 0.1) is 12.1 Å². The van der Waals surface area contributed by atoms with E-state index in [1.165, 1.54) is 0 Å². The summed E-state index contributed by atoms with van der Waals surface area (Å²) < 4.78 is 0. The monoisotopic (exact) mass is 368 g/mol. The molecule has 0 spiro atoms. The zero-order valence-electron chi connectivity index (χ0n) is 15.6. The van der Waals surface area contributed by atoms with E-state index in [1.807, 2.05) is 20.8 Å². The van der Waals surface area contributed by atoms with Crippen LogP contribution >= 0.6 is 0 Å². The van der Waals surface area contributed by atoms with Gasteiger partial charge in [-0.1, -0.05) is 18.2 Å². The van der Waals surface area contributed by atoms with E-state index < -0.39 is 5.91 Å². The van der Waals surface area contributed by atoms with Crippen molar-refractivity contribution < 1.29 is 14.4 Å². The lowest BCUT2D eigenvalue weighted by atomic mass is 10.1. The third-order valence-electron chi connectivity index (χ3n) is 3.53. The first-order valence-corrected chi connectivity index (χ1v) is 8.51. The molecule has 0 aliphatic heterocycles. The predicted molar refractivity (Wildman–Crippen MR) is 106 cm³/mol. The maximum Gasteiger partial charge on any atom is 0.251 e. The highest BCUT2D eigenvalue weighted by Gasteiger charge is 2.16. The quantitative estimate of drug-likeness (QED) is 0.627. The summed E-state index contributed by atoms with van der Waals surface area (Å²) >= 11 is 0. The van der Waals surface area contributed by atoms with Gasteiger partial charge in [-0.25, -0.2) is 0 Å². The van der Waals surface area contributed by atoms with Crippen molar-refractivity contribution in [3.05, 3.63) is 59.7 Å². The molecule has 27 heavy (non-hydrogen) atoms. The minimum absolute atomic E-state index is 0.0529. The lowest BCUT2D eigenvalue weighted by Gasteiger charge is -2.20. The van der Waals surface area contributed by atoms with Crippen LogP contribution in [0.1, 0.15) is 41.5 Å². The SMILES string of the molecule is CC(C)(C)NC(=O)c1cccc(NC(=O)CNc2ccccc2C(N)=O)c1. The van der Waals surface area contributed by atoms with Gasteiger partial charge in [0.15, 0.2) is 0 Å². The molecule has 7 nitrogen and oxygen atoms in total. The average molecular weight is 368 g/mol. The summed E-state index contributed by atoms with van der Waals surface area (Å²) in [5.41, 5.74) is 6.72. The van der Waals surface area contributed by atoms with Gasteiger partial charge in [0, 0.05) is 22.5 Å². The third-order valence-corrected chi connectivity index (χ3v) is 3.53. The Hall–Kier alpha value is -3.35. The second-order valence-corrected chi connectivity index (χ2v) is 7.10. The van der Waals surface area contributed by atoms with Crippen molar-refractivity contribution in [1.82, 2.24) is 5.32 Å². The number of para-hydroxylation sites is 1. The van der Waals surface area contributed by atoms with Crippen LogP contribution in [-0.2, 0) is 4.79 Å². The van der Waals surface area contributed by atoms with Crippen LogP contribution in [0.3, 0.4) is 0 Å². The fraction of sp³-hybridized carbons (Fsp3) is 0.250. The van der Waals surface area contributed by atoms with Crippen molar-refractivity contribution in [3.8, 4) is 0 Å². The Bertz CT molecular complexity index is 856. The molecule has 142 valence electrons. The number of nitrogens with two attached hydrogens (primary N) is 1. The van der Waals surface area contributed by atoms with Crippen molar-refractivity contribution >= 4 is 29.1 Å². The number of carbonyl (C=O) groups excluding carboxylic acids is 3. The lowest BCUT2D eigenvalue weighted by molar-refractivity contribution is -0.114. The molecule has 0 heterocycles. The highest BCUT2D eigenvalue weighted by atomic mass is 16.2. The number of carbonyl (C=O) groups is 3. The Labute approximate surface area is 158 Å². The highest BCUT2D eigenvalue weighted by Crippen LogP contribution is 2.15. The number of hydrogen-bond acceptors (Lipinski definition) is 4. The molecule has 0 aromatic heterocycles. The van der Waals surface area contributed by atoms with E-state index in [2.05, 4.69) is 16.0 Å². The van der Waals surface area contributed by atoms with Crippen molar-refractivity contribution in [1.29, 1.82) is 0 Å². The Kier molecular flexibility index (Phi) is 6.18. The number of hydrogen-bond donors (Lipinski definition) is 4. The number of anilines is 2. The van der Waals surface area contributed by atoms with Gasteiger partial charge in [-0.05, 0) is 51.1 Å². The fourth-order valence-electron chi connectivity index (χ4n) is 2.38. The molecule has 2 aromatic carbocycles. The molecule has 0 fully saturated rings. The van der Waals surface area contributed by atoms with Gasteiger partial charge < -0.3 is 21.7 Å². The predicted octanol–water partition coefficient (Wildman–Crippen LogP) is 2.36. The van der Waals surface area contributed by atoms with Crippen LogP contribution in [0.2, 0.25) is 0 Å². The van der Waals surface area contributed by atoms with Gasteiger partial charge in [0.2, 0.25) is 5.91 Å². The lowest BCUT2D eigenvalue weighted by Crippen LogP contribution is -2.40. The Balaban J connectivity index is 1.99. The molecule has 0 atom stereocenters. The summed E-state index contributed by atoms with van der Waals surface area (Å²) in [6, 6.07) is 13.4. The molecule has 0 saturated carbocycles. The maximum atomic E-state index is 12.2. The van der Waals surface area contributed by atoms with E-state index in [0.717, 1.165) is 0 Å². The molecular weight excluding hydrogens is 344 g/mol. The van der Waals surface area contributed by atoms with Crippen molar-refractivity contribution in [2.75, 3.05) is 17.2 Å². The molecule has 3 amide bonds. The van der Waals surface area contributed by atoms with E-state index in [9.17, 15) is 14.4 Å². The number of primary amides is 1. The highest BCUT2D eigenvalue weighted by molar-refractivity contribution is 6.00. The van der Waals surface area contributed by atoms with E-state index in [1.54, 1.807) is 48.5 Å². The van der Waals surface area contributed by atoms with Crippen LogP contribution in [0, 0.1) is 0 Å². The summed E-state index contributed by atoms with van der Waals surface area (Å²) in [6.07, 6.45) is 0. The van der Waals surface area contributed by atoms with Crippen LogP contribution in [0.5, 0.6) is 0 Å². The molecule has 0 saturated heterocycles. The van der Waals surface area contributed by atoms with Crippen LogP contribution in [-0.4, -0.2) is 29.8 Å². The van der Waals surface area contributed by atoms with Gasteiger partial charge in [-0.15, -0.1) is 0 Å². The minimum Gasteiger partial charge on any atom is -0.376 e. The van der Waals surface area contributed by atoms with Crippen LogP contribution in [0.25, 0.3) is 0 Å². The van der Waals surface area contributed by atoms with Crippen LogP contribution in [0.15, 0.2) is 48.5 Å². The molecule has 0 bridgehead atoms. The second kappa shape index (κ2) is 8.35. The average Bonchev–Trinajstić information content (AvgIpc) is 2.59. The Morgan fingerprint density at radius 3 is 2.37 bits per heavy atom. The van der Waals surface area contributed by atoms with Crippen molar-refractivity contribution in [2.45, 2.75) is 26.3 Å². The van der Waals surface area contributed by atoms with Crippen molar-refractivity contribution in [3.63, 3.8) is 0 Å². The van der Waals surface area contributed by atoms with Gasteiger partial charge in [-0.2, -0.15) is 0 Å². The summed E-state index contributed by atoms with van der Waals surface area (Å²) in [7, 11) is 0. The van der Waals surface area contributed by atoms with Gasteiger partial charge in [-0.3, -0.25) is 14.4 Å². The van der Waals surface area contributed by atoms with Crippen molar-refractivity contribution in [2.24, 2.45) is 5.73 Å². The van der Waals surface area contributed by atoms with Gasteiger partial charge >= 0.3 is 0 Å². The normalized spacial score (nSPS) is 10.8. The van der Waals surface area contributed by atoms with Crippen LogP contribution in [0.4, 0.5) is 11.4 Å². The zero-order valence-corrected chi connectivity index (χ0v) is 15.6. The van der Waals surface area contributed by atoms with Gasteiger partial charge in [0.1, 0.15) is 0 Å². The topological polar surface area (TPSA) is 113 Å². The molecule has 7 heteroatoms. The number of amides is 3. The van der Waals surface area contributed by atoms with E-state index in [-0.39, 0.29) is 23.9 Å². The van der Waals surface area contributed by atoms with E-state index in [0.29, 0.717) is 22.5 Å².